The van der Waals surface area contributed by atoms with E-state index in [1.165, 1.54) is 11.8 Å². The fraction of sp³-hybridized carbons (Fsp3) is 0.130. The van der Waals surface area contributed by atoms with Gasteiger partial charge in [0, 0.05) is 5.75 Å². The van der Waals surface area contributed by atoms with Crippen LogP contribution in [0.5, 0.6) is 0 Å². The van der Waals surface area contributed by atoms with Crippen molar-refractivity contribution in [1.82, 2.24) is 5.32 Å². The van der Waals surface area contributed by atoms with Crippen molar-refractivity contribution in [2.45, 2.75) is 10.8 Å². The van der Waals surface area contributed by atoms with Gasteiger partial charge in [-0.25, -0.2) is 4.79 Å². The van der Waals surface area contributed by atoms with Crippen molar-refractivity contribution >= 4 is 23.8 Å². The molecule has 29 heavy (non-hydrogen) atoms. The Hall–Kier alpha value is -3.25. The predicted molar refractivity (Wildman–Crippen MR) is 116 cm³/mol. The van der Waals surface area contributed by atoms with Gasteiger partial charge in [0.05, 0.1) is 4.75 Å². The Kier molecular flexibility index (Phi) is 6.57. The summed E-state index contributed by atoms with van der Waals surface area (Å²) in [6, 6.07) is 28.9. The van der Waals surface area contributed by atoms with Crippen molar-refractivity contribution in [3.05, 3.63) is 108 Å². The highest BCUT2D eigenvalue weighted by molar-refractivity contribution is 8.00. The molecule has 0 spiro atoms. The van der Waals surface area contributed by atoms with Crippen LogP contribution in [-0.2, 0) is 9.54 Å². The number of amides is 2. The SMILES string of the molecule is NC(=O)[C@H](CSC(c1ccccc1)(c1ccccc1)c1ccccc1)NC(=O)O. The Labute approximate surface area is 174 Å². The number of nitrogens with two attached hydrogens (primary N) is 1. The second-order valence-corrected chi connectivity index (χ2v) is 7.73. The predicted octanol–water partition coefficient (Wildman–Crippen LogP) is 3.83. The highest BCUT2D eigenvalue weighted by Crippen LogP contribution is 2.48. The first-order valence-corrected chi connectivity index (χ1v) is 10.1. The summed E-state index contributed by atoms with van der Waals surface area (Å²) < 4.78 is -0.641. The lowest BCUT2D eigenvalue weighted by Gasteiger charge is -2.36. The topological polar surface area (TPSA) is 92.4 Å². The number of hydrogen-bond donors (Lipinski definition) is 3. The molecule has 5 nitrogen and oxygen atoms in total. The average molecular weight is 407 g/mol. The smallest absolute Gasteiger partial charge is 0.405 e. The molecule has 0 aliphatic heterocycles. The molecule has 2 amide bonds. The molecule has 3 rings (SSSR count). The van der Waals surface area contributed by atoms with E-state index in [1.807, 2.05) is 91.0 Å². The summed E-state index contributed by atoms with van der Waals surface area (Å²) in [4.78, 5) is 23.0. The molecule has 0 radical (unpaired) electrons. The molecule has 4 N–H and O–H groups in total. The largest absolute Gasteiger partial charge is 0.465 e. The summed E-state index contributed by atoms with van der Waals surface area (Å²) in [5.41, 5.74) is 8.54. The molecule has 0 saturated heterocycles. The molecule has 3 aromatic rings. The van der Waals surface area contributed by atoms with Crippen LogP contribution in [0.2, 0.25) is 0 Å². The molecule has 0 fully saturated rings. The van der Waals surface area contributed by atoms with Crippen molar-refractivity contribution in [1.29, 1.82) is 0 Å². The second-order valence-electron chi connectivity index (χ2n) is 6.49. The maximum atomic E-state index is 11.8. The average Bonchev–Trinajstić information content (AvgIpc) is 2.75. The summed E-state index contributed by atoms with van der Waals surface area (Å²) in [6.45, 7) is 0. The van der Waals surface area contributed by atoms with Gasteiger partial charge >= 0.3 is 6.09 Å². The van der Waals surface area contributed by atoms with Crippen molar-refractivity contribution in [2.75, 3.05) is 5.75 Å². The Balaban J connectivity index is 2.14. The van der Waals surface area contributed by atoms with Gasteiger partial charge in [-0.3, -0.25) is 4.79 Å². The van der Waals surface area contributed by atoms with Crippen LogP contribution in [0.1, 0.15) is 16.7 Å². The van der Waals surface area contributed by atoms with Crippen LogP contribution in [0.3, 0.4) is 0 Å². The highest BCUT2D eigenvalue weighted by atomic mass is 32.2. The van der Waals surface area contributed by atoms with Gasteiger partial charge in [-0.2, -0.15) is 0 Å². The van der Waals surface area contributed by atoms with E-state index in [2.05, 4.69) is 5.32 Å². The van der Waals surface area contributed by atoms with E-state index < -0.39 is 22.8 Å². The molecular formula is C23H22N2O3S. The first kappa shape index (κ1) is 20.5. The number of rotatable bonds is 8. The Bertz CT molecular complexity index is 853. The van der Waals surface area contributed by atoms with Gasteiger partial charge in [0.15, 0.2) is 0 Å². The molecule has 6 heteroatoms. The third kappa shape index (κ3) is 4.60. The van der Waals surface area contributed by atoms with Crippen LogP contribution in [0.4, 0.5) is 4.79 Å². The van der Waals surface area contributed by atoms with Gasteiger partial charge in [0.2, 0.25) is 5.91 Å². The lowest BCUT2D eigenvalue weighted by molar-refractivity contribution is -0.119. The molecule has 148 valence electrons. The van der Waals surface area contributed by atoms with E-state index >= 15 is 0 Å². The van der Waals surface area contributed by atoms with Gasteiger partial charge < -0.3 is 16.2 Å². The van der Waals surface area contributed by atoms with Gasteiger partial charge in [-0.15, -0.1) is 11.8 Å². The summed E-state index contributed by atoms with van der Waals surface area (Å²) in [5, 5.41) is 11.3. The molecular weight excluding hydrogens is 384 g/mol. The number of carbonyl (C=O) groups excluding carboxylic acids is 1. The Morgan fingerprint density at radius 2 is 1.21 bits per heavy atom. The van der Waals surface area contributed by atoms with Crippen molar-refractivity contribution in [2.24, 2.45) is 5.73 Å². The summed E-state index contributed by atoms with van der Waals surface area (Å²) >= 11 is 1.48. The molecule has 0 saturated carbocycles. The standard InChI is InChI=1S/C23H22N2O3S/c24-21(26)20(25-22(27)28)16-29-23(17-10-4-1-5-11-17,18-12-6-2-7-13-18)19-14-8-3-9-15-19/h1-15,20,25H,16H2,(H2,24,26)(H,27,28)/t20-/m0/s1. The molecule has 0 heterocycles. The van der Waals surface area contributed by atoms with E-state index in [0.717, 1.165) is 16.7 Å². The van der Waals surface area contributed by atoms with Crippen LogP contribution in [0, 0.1) is 0 Å². The summed E-state index contributed by atoms with van der Waals surface area (Å²) in [6.07, 6.45) is -1.28. The van der Waals surface area contributed by atoms with Crippen molar-refractivity contribution < 1.29 is 14.7 Å². The third-order valence-corrected chi connectivity index (χ3v) is 6.29. The number of carbonyl (C=O) groups is 2. The monoisotopic (exact) mass is 406 g/mol. The van der Waals surface area contributed by atoms with E-state index in [0.29, 0.717) is 0 Å². The van der Waals surface area contributed by atoms with Crippen LogP contribution < -0.4 is 11.1 Å². The minimum atomic E-state index is -1.28. The zero-order valence-electron chi connectivity index (χ0n) is 15.7. The van der Waals surface area contributed by atoms with Gasteiger partial charge in [-0.05, 0) is 16.7 Å². The number of primary amides is 1. The maximum Gasteiger partial charge on any atom is 0.405 e. The third-order valence-electron chi connectivity index (χ3n) is 4.65. The van der Waals surface area contributed by atoms with Crippen LogP contribution >= 0.6 is 11.8 Å². The van der Waals surface area contributed by atoms with E-state index in [9.17, 15) is 9.59 Å². The second kappa shape index (κ2) is 9.30. The maximum absolute atomic E-state index is 11.8. The molecule has 0 bridgehead atoms. The van der Waals surface area contributed by atoms with Gasteiger partial charge in [0.25, 0.3) is 0 Å². The number of carboxylic acid groups (broad SMARTS) is 1. The summed E-state index contributed by atoms with van der Waals surface area (Å²) in [7, 11) is 0. The van der Waals surface area contributed by atoms with Crippen molar-refractivity contribution in [3.8, 4) is 0 Å². The van der Waals surface area contributed by atoms with Crippen LogP contribution in [0.15, 0.2) is 91.0 Å². The number of benzene rings is 3. The number of thioether (sulfide) groups is 1. The van der Waals surface area contributed by atoms with Crippen LogP contribution in [-0.4, -0.2) is 28.9 Å². The fourth-order valence-corrected chi connectivity index (χ4v) is 4.89. The van der Waals surface area contributed by atoms with E-state index in [-0.39, 0.29) is 5.75 Å². The summed E-state index contributed by atoms with van der Waals surface area (Å²) in [5.74, 6) is -0.525. The van der Waals surface area contributed by atoms with Crippen LogP contribution in [0.25, 0.3) is 0 Å². The normalized spacial score (nSPS) is 12.1. The molecule has 0 unspecified atom stereocenters. The molecule has 3 aromatic carbocycles. The minimum absolute atomic E-state index is 0.181. The zero-order valence-corrected chi connectivity index (χ0v) is 16.5. The first-order chi connectivity index (χ1) is 14.0. The fourth-order valence-electron chi connectivity index (χ4n) is 3.32. The number of nitrogens with one attached hydrogen (secondary N) is 1. The Morgan fingerprint density at radius 3 is 1.52 bits per heavy atom. The van der Waals surface area contributed by atoms with Gasteiger partial charge in [-0.1, -0.05) is 91.0 Å². The van der Waals surface area contributed by atoms with E-state index in [1.54, 1.807) is 0 Å². The molecule has 0 aromatic heterocycles. The first-order valence-electron chi connectivity index (χ1n) is 9.13. The molecule has 0 aliphatic rings. The molecule has 1 atom stereocenters. The highest BCUT2D eigenvalue weighted by Gasteiger charge is 2.38. The zero-order chi connectivity index (χ0) is 20.7. The van der Waals surface area contributed by atoms with Gasteiger partial charge in [0.1, 0.15) is 6.04 Å². The quantitative estimate of drug-likeness (QED) is 0.496. The van der Waals surface area contributed by atoms with Crippen molar-refractivity contribution in [3.63, 3.8) is 0 Å². The molecule has 0 aliphatic carbocycles. The number of hydrogen-bond acceptors (Lipinski definition) is 3. The Morgan fingerprint density at radius 1 is 0.828 bits per heavy atom. The lowest BCUT2D eigenvalue weighted by atomic mass is 9.84. The minimum Gasteiger partial charge on any atom is -0.465 e. The van der Waals surface area contributed by atoms with E-state index in [4.69, 9.17) is 10.8 Å². The lowest BCUT2D eigenvalue weighted by Crippen LogP contribution is -2.46.